The third kappa shape index (κ3) is 9.86. The summed E-state index contributed by atoms with van der Waals surface area (Å²) in [6.07, 6.45) is 8.51. The first-order chi connectivity index (χ1) is 26.2. The maximum atomic E-state index is 6.46. The van der Waals surface area contributed by atoms with Gasteiger partial charge in [-0.3, -0.25) is 0 Å². The summed E-state index contributed by atoms with van der Waals surface area (Å²) >= 11 is 0. The number of hydrogen-bond acceptors (Lipinski definition) is 10. The fourth-order valence-corrected chi connectivity index (χ4v) is 5.93. The van der Waals surface area contributed by atoms with Gasteiger partial charge in [-0.1, -0.05) is 91.3 Å². The van der Waals surface area contributed by atoms with E-state index in [1.165, 1.54) is 5.56 Å². The average molecular weight is 730 g/mol. The molecule has 282 valence electrons. The van der Waals surface area contributed by atoms with Gasteiger partial charge in [0.2, 0.25) is 11.8 Å². The van der Waals surface area contributed by atoms with Crippen LogP contribution in [0.3, 0.4) is 0 Å². The molecule has 0 spiro atoms. The summed E-state index contributed by atoms with van der Waals surface area (Å²) in [5, 5.41) is 17.8. The Balaban J connectivity index is 1.34. The van der Waals surface area contributed by atoms with Gasteiger partial charge in [0.25, 0.3) is 11.8 Å². The van der Waals surface area contributed by atoms with Crippen molar-refractivity contribution in [2.24, 2.45) is 0 Å². The molecule has 0 saturated heterocycles. The maximum absolute atomic E-state index is 6.46. The summed E-state index contributed by atoms with van der Waals surface area (Å²) in [5.74, 6) is 3.82. The van der Waals surface area contributed by atoms with Crippen LogP contribution >= 0.6 is 0 Å². The fraction of sp³-hybridized carbons (Fsp3) is 0.364. The molecular weight excluding hydrogens is 679 g/mol. The van der Waals surface area contributed by atoms with Crippen LogP contribution in [0, 0.1) is 0 Å². The van der Waals surface area contributed by atoms with Crippen molar-refractivity contribution in [2.75, 3.05) is 18.9 Å². The summed E-state index contributed by atoms with van der Waals surface area (Å²) in [6, 6.07) is 26.8. The third-order valence-electron chi connectivity index (χ3n) is 9.10. The van der Waals surface area contributed by atoms with Crippen molar-refractivity contribution in [3.05, 3.63) is 90.5 Å². The highest BCUT2D eigenvalue weighted by molar-refractivity contribution is 5.76. The molecule has 10 nitrogen and oxygen atoms in total. The highest BCUT2D eigenvalue weighted by Crippen LogP contribution is 2.42. The van der Waals surface area contributed by atoms with E-state index in [1.54, 1.807) is 12.1 Å². The molecule has 2 heterocycles. The van der Waals surface area contributed by atoms with Crippen molar-refractivity contribution in [2.45, 2.75) is 91.4 Å². The van der Waals surface area contributed by atoms with Crippen molar-refractivity contribution < 1.29 is 23.0 Å². The molecule has 4 aromatic carbocycles. The molecule has 0 unspecified atom stereocenters. The average Bonchev–Trinajstić information content (AvgIpc) is 3.87. The standard InChI is InChI=1S/C44H51N5O5/c1-6-8-10-12-25-50-38-29-37(43-49-47-41(54-43)31-15-14-16-35(27-31)52-34-23-21-33(45)22-24-34)39(51-26-13-11-9-7-2)28-36(38)42-48-46-40(53-42)30-17-19-32(20-18-30)44(3,4)5/h14-24,27-29H,6-13,25-26,45H2,1-5H3. The van der Waals surface area contributed by atoms with Gasteiger partial charge in [0, 0.05) is 16.8 Å². The number of aromatic nitrogens is 4. The summed E-state index contributed by atoms with van der Waals surface area (Å²) < 4.78 is 31.6. The molecule has 2 N–H and O–H groups in total. The monoisotopic (exact) mass is 729 g/mol. The van der Waals surface area contributed by atoms with Crippen molar-refractivity contribution in [1.29, 1.82) is 0 Å². The Morgan fingerprint density at radius 3 is 1.63 bits per heavy atom. The zero-order valence-corrected chi connectivity index (χ0v) is 32.1. The van der Waals surface area contributed by atoms with Crippen molar-refractivity contribution >= 4 is 5.69 Å². The summed E-state index contributed by atoms with van der Waals surface area (Å²) in [7, 11) is 0. The number of nitrogens with zero attached hydrogens (tertiary/aromatic N) is 4. The first-order valence-corrected chi connectivity index (χ1v) is 19.1. The summed E-state index contributed by atoms with van der Waals surface area (Å²) in [5.41, 5.74) is 10.6. The smallest absolute Gasteiger partial charge is 0.252 e. The predicted molar refractivity (Wildman–Crippen MR) is 213 cm³/mol. The molecule has 0 amide bonds. The molecule has 10 heteroatoms. The van der Waals surface area contributed by atoms with E-state index in [2.05, 4.69) is 67.1 Å². The molecule has 0 fully saturated rings. The number of anilines is 1. The minimum Gasteiger partial charge on any atom is -0.493 e. The lowest BCUT2D eigenvalue weighted by Crippen LogP contribution is -2.10. The first-order valence-electron chi connectivity index (χ1n) is 19.1. The van der Waals surface area contributed by atoms with Crippen molar-refractivity contribution in [3.63, 3.8) is 0 Å². The van der Waals surface area contributed by atoms with Crippen LogP contribution < -0.4 is 19.9 Å². The van der Waals surface area contributed by atoms with Gasteiger partial charge in [-0.2, -0.15) is 0 Å². The molecule has 2 aromatic heterocycles. The van der Waals surface area contributed by atoms with E-state index in [1.807, 2.05) is 60.7 Å². The maximum Gasteiger partial charge on any atom is 0.252 e. The first kappa shape index (κ1) is 38.1. The Hall–Kier alpha value is -5.64. The van der Waals surface area contributed by atoms with Gasteiger partial charge < -0.3 is 28.8 Å². The summed E-state index contributed by atoms with van der Waals surface area (Å²) in [4.78, 5) is 0. The van der Waals surface area contributed by atoms with Gasteiger partial charge in [0.05, 0.1) is 24.3 Å². The largest absolute Gasteiger partial charge is 0.493 e. The van der Waals surface area contributed by atoms with E-state index in [0.717, 1.165) is 56.9 Å². The number of rotatable bonds is 18. The Morgan fingerprint density at radius 2 is 1.09 bits per heavy atom. The van der Waals surface area contributed by atoms with E-state index >= 15 is 0 Å². The minimum absolute atomic E-state index is 0.0341. The van der Waals surface area contributed by atoms with Gasteiger partial charge in [-0.05, 0) is 90.6 Å². The van der Waals surface area contributed by atoms with Gasteiger partial charge in [0.15, 0.2) is 0 Å². The molecule has 6 rings (SSSR count). The molecule has 0 saturated carbocycles. The molecule has 54 heavy (non-hydrogen) atoms. The number of nitrogen functional groups attached to an aromatic ring is 1. The zero-order valence-electron chi connectivity index (χ0n) is 32.1. The van der Waals surface area contributed by atoms with Gasteiger partial charge >= 0.3 is 0 Å². The van der Waals surface area contributed by atoms with E-state index in [-0.39, 0.29) is 5.41 Å². The van der Waals surface area contributed by atoms with Crippen LogP contribution in [0.5, 0.6) is 23.0 Å². The van der Waals surface area contributed by atoms with E-state index in [9.17, 15) is 0 Å². The Labute approximate surface area is 318 Å². The zero-order chi connectivity index (χ0) is 37.9. The van der Waals surface area contributed by atoms with Crippen molar-refractivity contribution in [1.82, 2.24) is 20.4 Å². The Bertz CT molecular complexity index is 2080. The molecule has 0 radical (unpaired) electrons. The number of ether oxygens (including phenoxy) is 3. The molecule has 6 aromatic rings. The normalized spacial score (nSPS) is 11.5. The van der Waals surface area contributed by atoms with Gasteiger partial charge in [0.1, 0.15) is 23.0 Å². The molecular formula is C44H51N5O5. The van der Waals surface area contributed by atoms with E-state index in [0.29, 0.717) is 82.2 Å². The number of benzene rings is 4. The molecule has 0 bridgehead atoms. The van der Waals surface area contributed by atoms with Crippen LogP contribution in [0.4, 0.5) is 5.69 Å². The van der Waals surface area contributed by atoms with Gasteiger partial charge in [-0.15, -0.1) is 20.4 Å². The Morgan fingerprint density at radius 1 is 0.556 bits per heavy atom. The molecule has 0 aliphatic rings. The molecule has 0 aliphatic carbocycles. The summed E-state index contributed by atoms with van der Waals surface area (Å²) in [6.45, 7) is 12.0. The van der Waals surface area contributed by atoms with Crippen LogP contribution in [-0.4, -0.2) is 33.6 Å². The number of hydrogen-bond donors (Lipinski definition) is 1. The van der Waals surface area contributed by atoms with Gasteiger partial charge in [-0.25, -0.2) is 0 Å². The second kappa shape index (κ2) is 17.9. The highest BCUT2D eigenvalue weighted by atomic mass is 16.5. The number of nitrogens with two attached hydrogens (primary N) is 1. The minimum atomic E-state index is 0.0341. The highest BCUT2D eigenvalue weighted by Gasteiger charge is 2.24. The van der Waals surface area contributed by atoms with E-state index in [4.69, 9.17) is 28.8 Å². The second-order valence-corrected chi connectivity index (χ2v) is 14.5. The van der Waals surface area contributed by atoms with Crippen molar-refractivity contribution in [3.8, 4) is 68.8 Å². The third-order valence-corrected chi connectivity index (χ3v) is 9.10. The molecule has 0 aliphatic heterocycles. The SMILES string of the molecule is CCCCCCOc1cc(-c2nnc(-c3cccc(Oc4ccc(N)cc4)c3)o2)c(OCCCCCC)cc1-c1nnc(-c2ccc(C(C)(C)C)cc2)o1. The number of unbranched alkanes of at least 4 members (excludes halogenated alkanes) is 6. The topological polar surface area (TPSA) is 132 Å². The lowest BCUT2D eigenvalue weighted by Gasteiger charge is -2.18. The lowest BCUT2D eigenvalue weighted by atomic mass is 9.87. The van der Waals surface area contributed by atoms with Crippen LogP contribution in [-0.2, 0) is 5.41 Å². The quantitative estimate of drug-likeness (QED) is 0.0673. The van der Waals surface area contributed by atoms with Crippen LogP contribution in [0.15, 0.2) is 93.8 Å². The second-order valence-electron chi connectivity index (χ2n) is 14.5. The predicted octanol–water partition coefficient (Wildman–Crippen LogP) is 11.7. The Kier molecular flexibility index (Phi) is 12.6. The van der Waals surface area contributed by atoms with Crippen LogP contribution in [0.25, 0.3) is 45.8 Å². The lowest BCUT2D eigenvalue weighted by molar-refractivity contribution is 0.297. The van der Waals surface area contributed by atoms with E-state index < -0.39 is 0 Å². The fourth-order valence-electron chi connectivity index (χ4n) is 5.93. The van der Waals surface area contributed by atoms with Crippen LogP contribution in [0.2, 0.25) is 0 Å². The van der Waals surface area contributed by atoms with Crippen LogP contribution in [0.1, 0.15) is 91.5 Å². The molecule has 0 atom stereocenters.